The zero-order valence-electron chi connectivity index (χ0n) is 15.4. The summed E-state index contributed by atoms with van der Waals surface area (Å²) in [5.74, 6) is -2.30. The monoisotopic (exact) mass is 406 g/mol. The van der Waals surface area contributed by atoms with Gasteiger partial charge in [-0.2, -0.15) is 13.2 Å². The molecular formula is C23H19F5O. The van der Waals surface area contributed by atoms with Gasteiger partial charge >= 0.3 is 6.18 Å². The molecule has 1 unspecified atom stereocenters. The number of halogens is 5. The predicted octanol–water partition coefficient (Wildman–Crippen LogP) is 7.43. The van der Waals surface area contributed by atoms with Crippen LogP contribution in [-0.4, -0.2) is 6.18 Å². The maximum absolute atomic E-state index is 14.0. The molecule has 0 spiro atoms. The van der Waals surface area contributed by atoms with Gasteiger partial charge < -0.3 is 4.74 Å². The molecule has 0 aliphatic heterocycles. The molecule has 152 valence electrons. The Kier molecular flexibility index (Phi) is 6.52. The molecule has 0 saturated heterocycles. The van der Waals surface area contributed by atoms with Crippen LogP contribution in [0.5, 0.6) is 11.5 Å². The largest absolute Gasteiger partial charge is 0.454 e. The van der Waals surface area contributed by atoms with E-state index in [1.54, 1.807) is 30.3 Å². The highest BCUT2D eigenvalue weighted by Gasteiger charge is 2.40. The van der Waals surface area contributed by atoms with Gasteiger partial charge in [-0.1, -0.05) is 36.4 Å². The van der Waals surface area contributed by atoms with Crippen molar-refractivity contribution in [3.8, 4) is 11.5 Å². The number of aryl methyl sites for hydroxylation is 1. The normalized spacial score (nSPS) is 12.6. The second-order valence-electron chi connectivity index (χ2n) is 6.72. The number of ether oxygens (including phenoxy) is 1. The maximum atomic E-state index is 14.0. The Morgan fingerprint density at radius 1 is 0.828 bits per heavy atom. The van der Waals surface area contributed by atoms with Gasteiger partial charge in [-0.3, -0.25) is 0 Å². The lowest BCUT2D eigenvalue weighted by Gasteiger charge is -2.21. The van der Waals surface area contributed by atoms with E-state index >= 15 is 0 Å². The Balaban J connectivity index is 1.67. The summed E-state index contributed by atoms with van der Waals surface area (Å²) < 4.78 is 72.8. The van der Waals surface area contributed by atoms with E-state index in [4.69, 9.17) is 4.74 Å². The number of benzene rings is 3. The lowest BCUT2D eigenvalue weighted by molar-refractivity contribution is -0.152. The number of rotatable bonds is 7. The Bertz CT molecular complexity index is 920. The minimum Gasteiger partial charge on any atom is -0.454 e. The lowest BCUT2D eigenvalue weighted by atomic mass is 9.92. The van der Waals surface area contributed by atoms with Crippen LogP contribution in [0.4, 0.5) is 22.0 Å². The van der Waals surface area contributed by atoms with Crippen LogP contribution in [0.1, 0.15) is 29.9 Å². The van der Waals surface area contributed by atoms with Gasteiger partial charge in [0, 0.05) is 0 Å². The zero-order chi connectivity index (χ0) is 20.9. The first-order valence-electron chi connectivity index (χ1n) is 9.16. The van der Waals surface area contributed by atoms with Crippen molar-refractivity contribution < 1.29 is 26.7 Å². The number of hydrogen-bond acceptors (Lipinski definition) is 1. The number of para-hydroxylation sites is 1. The van der Waals surface area contributed by atoms with Crippen molar-refractivity contribution in [1.29, 1.82) is 0 Å². The van der Waals surface area contributed by atoms with Gasteiger partial charge in [0.25, 0.3) is 0 Å². The van der Waals surface area contributed by atoms with Gasteiger partial charge in [0.1, 0.15) is 11.6 Å². The van der Waals surface area contributed by atoms with Crippen molar-refractivity contribution in [1.82, 2.24) is 0 Å². The molecule has 0 fully saturated rings. The second-order valence-corrected chi connectivity index (χ2v) is 6.72. The van der Waals surface area contributed by atoms with Crippen molar-refractivity contribution in [3.05, 3.63) is 95.6 Å². The van der Waals surface area contributed by atoms with Gasteiger partial charge in [0.05, 0.1) is 5.92 Å². The molecule has 0 heterocycles. The molecular weight excluding hydrogens is 387 g/mol. The minimum atomic E-state index is -4.43. The summed E-state index contributed by atoms with van der Waals surface area (Å²) in [6.45, 7) is 0. The van der Waals surface area contributed by atoms with E-state index in [0.29, 0.717) is 17.7 Å². The highest BCUT2D eigenvalue weighted by molar-refractivity contribution is 5.35. The standard InChI is InChI=1S/C23H19F5O/c24-18-12-10-17(11-13-18)20(23(26,27)28)8-4-5-16-9-14-21(25)22(15-16)29-19-6-2-1-3-7-19/h1-3,6-7,9-15,20H,4-5,8H2. The maximum Gasteiger partial charge on any atom is 0.395 e. The molecule has 3 aromatic carbocycles. The fourth-order valence-corrected chi connectivity index (χ4v) is 3.12. The zero-order valence-corrected chi connectivity index (χ0v) is 15.4. The van der Waals surface area contributed by atoms with E-state index < -0.39 is 23.7 Å². The Morgan fingerprint density at radius 2 is 1.52 bits per heavy atom. The minimum absolute atomic E-state index is 0.0274. The molecule has 0 radical (unpaired) electrons. The van der Waals surface area contributed by atoms with Crippen LogP contribution in [0.15, 0.2) is 72.8 Å². The van der Waals surface area contributed by atoms with E-state index in [0.717, 1.165) is 24.3 Å². The second kappa shape index (κ2) is 9.07. The predicted molar refractivity (Wildman–Crippen MR) is 101 cm³/mol. The van der Waals surface area contributed by atoms with Gasteiger partial charge in [-0.25, -0.2) is 8.78 Å². The van der Waals surface area contributed by atoms with Crippen LogP contribution < -0.4 is 4.74 Å². The average Bonchev–Trinajstić information content (AvgIpc) is 2.68. The van der Waals surface area contributed by atoms with Crippen molar-refractivity contribution in [3.63, 3.8) is 0 Å². The van der Waals surface area contributed by atoms with Crippen molar-refractivity contribution >= 4 is 0 Å². The SMILES string of the molecule is Fc1ccc(C(CCCc2ccc(F)c(Oc3ccccc3)c2)C(F)(F)F)cc1. The Labute approximate surface area is 165 Å². The van der Waals surface area contributed by atoms with Crippen LogP contribution >= 0.6 is 0 Å². The molecule has 0 aromatic heterocycles. The summed E-state index contributed by atoms with van der Waals surface area (Å²) in [7, 11) is 0. The molecule has 1 atom stereocenters. The summed E-state index contributed by atoms with van der Waals surface area (Å²) in [4.78, 5) is 0. The first kappa shape index (κ1) is 20.8. The third kappa shape index (κ3) is 5.79. The highest BCUT2D eigenvalue weighted by atomic mass is 19.4. The number of hydrogen-bond donors (Lipinski definition) is 0. The van der Waals surface area contributed by atoms with E-state index in [-0.39, 0.29) is 24.2 Å². The molecule has 6 heteroatoms. The molecule has 3 rings (SSSR count). The molecule has 1 nitrogen and oxygen atoms in total. The summed E-state index contributed by atoms with van der Waals surface area (Å²) >= 11 is 0. The first-order valence-corrected chi connectivity index (χ1v) is 9.16. The molecule has 0 N–H and O–H groups in total. The van der Waals surface area contributed by atoms with Crippen molar-refractivity contribution in [2.24, 2.45) is 0 Å². The smallest absolute Gasteiger partial charge is 0.395 e. The van der Waals surface area contributed by atoms with E-state index in [2.05, 4.69) is 0 Å². The quantitative estimate of drug-likeness (QED) is 0.371. The fourth-order valence-electron chi connectivity index (χ4n) is 3.12. The summed E-state index contributed by atoms with van der Waals surface area (Å²) in [5, 5.41) is 0. The number of alkyl halides is 3. The molecule has 0 bridgehead atoms. The van der Waals surface area contributed by atoms with Crippen LogP contribution in [-0.2, 0) is 6.42 Å². The van der Waals surface area contributed by atoms with Crippen LogP contribution in [0, 0.1) is 11.6 Å². The van der Waals surface area contributed by atoms with Gasteiger partial charge in [-0.15, -0.1) is 0 Å². The average molecular weight is 406 g/mol. The topological polar surface area (TPSA) is 9.23 Å². The van der Waals surface area contributed by atoms with E-state index in [1.165, 1.54) is 18.2 Å². The van der Waals surface area contributed by atoms with Gasteiger partial charge in [0.2, 0.25) is 0 Å². The Hall–Kier alpha value is -2.89. The van der Waals surface area contributed by atoms with Crippen LogP contribution in [0.2, 0.25) is 0 Å². The van der Waals surface area contributed by atoms with E-state index in [1.807, 2.05) is 0 Å². The highest BCUT2D eigenvalue weighted by Crippen LogP contribution is 2.38. The van der Waals surface area contributed by atoms with Crippen molar-refractivity contribution in [2.45, 2.75) is 31.4 Å². The summed E-state index contributed by atoms with van der Waals surface area (Å²) in [5.41, 5.74) is 0.712. The molecule has 0 saturated carbocycles. The fraction of sp³-hybridized carbons (Fsp3) is 0.217. The van der Waals surface area contributed by atoms with E-state index in [9.17, 15) is 22.0 Å². The third-order valence-electron chi connectivity index (χ3n) is 4.59. The molecule has 0 amide bonds. The first-order chi connectivity index (χ1) is 13.8. The molecule has 0 aliphatic rings. The third-order valence-corrected chi connectivity index (χ3v) is 4.59. The summed E-state index contributed by atoms with van der Waals surface area (Å²) in [6.07, 6.45) is -4.01. The van der Waals surface area contributed by atoms with Gasteiger partial charge in [0.15, 0.2) is 11.6 Å². The summed E-state index contributed by atoms with van der Waals surface area (Å²) in [6, 6.07) is 17.3. The molecule has 0 aliphatic carbocycles. The van der Waals surface area contributed by atoms with Crippen LogP contribution in [0.3, 0.4) is 0 Å². The molecule has 29 heavy (non-hydrogen) atoms. The Morgan fingerprint density at radius 3 is 2.17 bits per heavy atom. The van der Waals surface area contributed by atoms with Gasteiger partial charge in [-0.05, 0) is 66.8 Å². The molecule has 3 aromatic rings. The lowest BCUT2D eigenvalue weighted by Crippen LogP contribution is -2.21. The van der Waals surface area contributed by atoms with Crippen LogP contribution in [0.25, 0.3) is 0 Å². The van der Waals surface area contributed by atoms with Crippen molar-refractivity contribution in [2.75, 3.05) is 0 Å².